The maximum Gasteiger partial charge on any atom is 0.315 e. The Morgan fingerprint density at radius 3 is 2.08 bits per heavy atom. The molecule has 0 bridgehead atoms. The molecule has 0 aromatic rings. The largest absolute Gasteiger partial charge is 0.347 e. The lowest BCUT2D eigenvalue weighted by atomic mass is 9.70. The molecule has 1 heterocycles. The second-order valence-electron chi connectivity index (χ2n) is 16.1. The molecule has 0 aromatic carbocycles. The van der Waals surface area contributed by atoms with Gasteiger partial charge in [0.2, 0.25) is 27.6 Å². The fourth-order valence-electron chi connectivity index (χ4n) is 8.40. The van der Waals surface area contributed by atoms with Crippen LogP contribution in [0.2, 0.25) is 0 Å². The van der Waals surface area contributed by atoms with E-state index in [0.29, 0.717) is 45.1 Å². The minimum atomic E-state index is -3.86. The minimum Gasteiger partial charge on any atom is -0.347 e. The van der Waals surface area contributed by atoms with Gasteiger partial charge in [0.05, 0.1) is 24.4 Å². The average molecular weight is 739 g/mol. The van der Waals surface area contributed by atoms with E-state index in [1.165, 1.54) is 14.2 Å². The third-order valence-corrected chi connectivity index (χ3v) is 13.6. The fraction of sp³-hybridized carbons (Fsp3) is 0.861. The van der Waals surface area contributed by atoms with Gasteiger partial charge in [-0.1, -0.05) is 77.1 Å². The molecule has 3 saturated carbocycles. The molecule has 4 aliphatic rings. The van der Waals surface area contributed by atoms with Gasteiger partial charge in [-0.15, -0.1) is 0 Å². The Labute approximate surface area is 304 Å². The molecule has 0 radical (unpaired) electrons. The summed E-state index contributed by atoms with van der Waals surface area (Å²) in [6.07, 6.45) is 10.6. The first-order valence-electron chi connectivity index (χ1n) is 19.1. The van der Waals surface area contributed by atoms with Gasteiger partial charge in [-0.2, -0.15) is 0 Å². The van der Waals surface area contributed by atoms with E-state index in [4.69, 9.17) is 4.84 Å². The second-order valence-corrected chi connectivity index (χ2v) is 18.0. The van der Waals surface area contributed by atoms with Gasteiger partial charge >= 0.3 is 6.03 Å². The average Bonchev–Trinajstić information content (AvgIpc) is 3.78. The lowest BCUT2D eigenvalue weighted by molar-refractivity contribution is -0.145. The Morgan fingerprint density at radius 1 is 0.922 bits per heavy atom. The van der Waals surface area contributed by atoms with Gasteiger partial charge in [0, 0.05) is 19.6 Å². The zero-order valence-corrected chi connectivity index (χ0v) is 32.4. The molecule has 0 unspecified atom stereocenters. The predicted octanol–water partition coefficient (Wildman–Crippen LogP) is 3.16. The predicted molar refractivity (Wildman–Crippen MR) is 192 cm³/mol. The molecule has 4 rings (SSSR count). The van der Waals surface area contributed by atoms with Crippen LogP contribution >= 0.6 is 0 Å². The van der Waals surface area contributed by atoms with Crippen LogP contribution in [0, 0.1) is 17.3 Å². The molecule has 1 aliphatic heterocycles. The van der Waals surface area contributed by atoms with Crippen molar-refractivity contribution in [1.82, 2.24) is 30.6 Å². The van der Waals surface area contributed by atoms with Gasteiger partial charge in [-0.05, 0) is 68.6 Å². The molecule has 3 aliphatic carbocycles. The van der Waals surface area contributed by atoms with Crippen molar-refractivity contribution >= 4 is 39.6 Å². The number of nitrogens with one attached hydrogen (secondary N) is 4. The highest BCUT2D eigenvalue weighted by Crippen LogP contribution is 2.41. The van der Waals surface area contributed by atoms with E-state index in [1.54, 1.807) is 4.90 Å². The van der Waals surface area contributed by atoms with Crippen LogP contribution in [0.4, 0.5) is 4.79 Å². The number of carbonyl (C=O) groups is 5. The maximum absolute atomic E-state index is 14.8. The summed E-state index contributed by atoms with van der Waals surface area (Å²) >= 11 is 0. The van der Waals surface area contributed by atoms with Crippen molar-refractivity contribution in [3.05, 3.63) is 0 Å². The summed E-state index contributed by atoms with van der Waals surface area (Å²) in [5, 5.41) is 11.6. The molecule has 0 aromatic heterocycles. The minimum absolute atomic E-state index is 0.000397. The zero-order valence-electron chi connectivity index (χ0n) is 31.6. The van der Waals surface area contributed by atoms with Crippen LogP contribution in [0.15, 0.2) is 0 Å². The summed E-state index contributed by atoms with van der Waals surface area (Å²) in [5.74, 6) is -2.73. The lowest BCUT2D eigenvalue weighted by Crippen LogP contribution is -2.64. The van der Waals surface area contributed by atoms with Gasteiger partial charge < -0.3 is 26.2 Å². The third-order valence-electron chi connectivity index (χ3n) is 11.7. The van der Waals surface area contributed by atoms with Crippen molar-refractivity contribution in [2.45, 2.75) is 154 Å². The number of ketones is 1. The Bertz CT molecular complexity index is 1370. The number of hydrogen-bond acceptors (Lipinski definition) is 8. The molecular weight excluding hydrogens is 676 g/mol. The maximum atomic E-state index is 14.8. The molecule has 4 N–H and O–H groups in total. The van der Waals surface area contributed by atoms with Crippen LogP contribution < -0.4 is 21.3 Å². The number of Topliss-reactive ketones (excluding diaryl/α,β-unsaturated/α-hetero) is 1. The Morgan fingerprint density at radius 2 is 1.53 bits per heavy atom. The van der Waals surface area contributed by atoms with Crippen LogP contribution in [0.5, 0.6) is 0 Å². The Hall–Kier alpha value is -2.78. The standard InChI is InChI=1S/C36H62N6O8S/c1-7-14-27(29(43)32(45)37-25-15-16-25)38-31(44)28-26(24(2)3)17-22-42(28)33(46)30(35(4)18-10-8-11-19-35)39-34(47)40-36(20-12-9-13-21-36)23-51(48,49)41(5)50-6/h24-28,30H,7-23H2,1-6H3,(H,37,45)(H,38,44)(H2,39,40,47)/t26-,27+,28+,30-/m1/s1. The van der Waals surface area contributed by atoms with E-state index < -0.39 is 62.7 Å². The Balaban J connectivity index is 1.60. The summed E-state index contributed by atoms with van der Waals surface area (Å²) in [6, 6.07) is -3.50. The number of hydrogen-bond donors (Lipinski definition) is 4. The van der Waals surface area contributed by atoms with Gasteiger partial charge in [-0.3, -0.25) is 24.0 Å². The van der Waals surface area contributed by atoms with Crippen molar-refractivity contribution in [2.24, 2.45) is 17.3 Å². The van der Waals surface area contributed by atoms with Crippen molar-refractivity contribution < 1.29 is 37.2 Å². The van der Waals surface area contributed by atoms with Crippen molar-refractivity contribution in [3.8, 4) is 0 Å². The number of rotatable bonds is 16. The van der Waals surface area contributed by atoms with E-state index in [2.05, 4.69) is 21.3 Å². The first-order chi connectivity index (χ1) is 24.1. The summed E-state index contributed by atoms with van der Waals surface area (Å²) < 4.78 is 27.1. The number of amides is 5. The van der Waals surface area contributed by atoms with Crippen LogP contribution in [0.25, 0.3) is 0 Å². The highest BCUT2D eigenvalue weighted by Gasteiger charge is 2.50. The highest BCUT2D eigenvalue weighted by molar-refractivity contribution is 7.89. The lowest BCUT2D eigenvalue weighted by Gasteiger charge is -2.44. The number of urea groups is 1. The number of sulfonamides is 1. The van der Waals surface area contributed by atoms with Crippen molar-refractivity contribution in [1.29, 1.82) is 0 Å². The normalized spacial score (nSPS) is 24.4. The SMILES string of the molecule is CCC[C@H](NC(=O)[C@@H]1[C@@H](C(C)C)CCN1C(=O)[C@@H](NC(=O)NC1(CS(=O)(=O)N(C)OC)CCCCC1)C1(C)CCCCC1)C(=O)C(=O)NC1CC1. The van der Waals surface area contributed by atoms with Crippen LogP contribution in [-0.4, -0.2) is 103 Å². The first kappa shape index (κ1) is 41.0. The number of nitrogens with zero attached hydrogens (tertiary/aromatic N) is 2. The van der Waals surface area contributed by atoms with E-state index in [0.717, 1.165) is 55.8 Å². The molecular formula is C36H62N6O8S. The highest BCUT2D eigenvalue weighted by atomic mass is 32.2. The smallest absolute Gasteiger partial charge is 0.315 e. The van der Waals surface area contributed by atoms with Gasteiger partial charge in [-0.25, -0.2) is 13.2 Å². The fourth-order valence-corrected chi connectivity index (χ4v) is 9.87. The van der Waals surface area contributed by atoms with Crippen molar-refractivity contribution in [3.63, 3.8) is 0 Å². The van der Waals surface area contributed by atoms with Gasteiger partial charge in [0.1, 0.15) is 12.1 Å². The molecule has 15 heteroatoms. The number of hydroxylamine groups is 1. The summed E-state index contributed by atoms with van der Waals surface area (Å²) in [7, 11) is -1.27. The molecule has 5 amide bonds. The van der Waals surface area contributed by atoms with Crippen LogP contribution in [0.1, 0.15) is 124 Å². The topological polar surface area (TPSA) is 183 Å². The summed E-state index contributed by atoms with van der Waals surface area (Å²) in [5.41, 5.74) is -1.65. The third kappa shape index (κ3) is 10.2. The molecule has 0 spiro atoms. The second kappa shape index (κ2) is 17.4. The molecule has 4 atom stereocenters. The Kier molecular flexibility index (Phi) is 14.0. The molecule has 4 fully saturated rings. The van der Waals surface area contributed by atoms with E-state index in [9.17, 15) is 32.4 Å². The molecule has 51 heavy (non-hydrogen) atoms. The molecule has 1 saturated heterocycles. The van der Waals surface area contributed by atoms with Crippen molar-refractivity contribution in [2.75, 3.05) is 26.5 Å². The number of likely N-dealkylation sites (tertiary alicyclic amines) is 1. The van der Waals surface area contributed by atoms with E-state index >= 15 is 0 Å². The first-order valence-corrected chi connectivity index (χ1v) is 20.7. The summed E-state index contributed by atoms with van der Waals surface area (Å²) in [4.78, 5) is 75.4. The van der Waals surface area contributed by atoms with E-state index in [-0.39, 0.29) is 36.0 Å². The van der Waals surface area contributed by atoms with Gasteiger partial charge in [0.25, 0.3) is 5.91 Å². The quantitative estimate of drug-likeness (QED) is 0.138. The monoisotopic (exact) mass is 738 g/mol. The van der Waals surface area contributed by atoms with Crippen LogP contribution in [0.3, 0.4) is 0 Å². The number of carbonyl (C=O) groups excluding carboxylic acids is 5. The molecule has 290 valence electrons. The van der Waals surface area contributed by atoms with E-state index in [1.807, 2.05) is 27.7 Å². The van der Waals surface area contributed by atoms with Crippen LogP contribution in [-0.2, 0) is 34.0 Å². The van der Waals surface area contributed by atoms with Gasteiger partial charge in [0.15, 0.2) is 0 Å². The molecule has 14 nitrogen and oxygen atoms in total. The summed E-state index contributed by atoms with van der Waals surface area (Å²) in [6.45, 7) is 8.18. The zero-order chi connectivity index (χ0) is 37.6.